The predicted molar refractivity (Wildman–Crippen MR) is 69.8 cm³/mol. The summed E-state index contributed by atoms with van der Waals surface area (Å²) in [5.74, 6) is -1.27. The smallest absolute Gasteiger partial charge is 0.335 e. The molecule has 0 bridgehead atoms. The number of allylic oxidation sites excluding steroid dienone is 1. The molecule has 3 N–H and O–H groups in total. The molecule has 0 radical (unpaired) electrons. The second-order valence-corrected chi connectivity index (χ2v) is 6.07. The number of aliphatic carboxylic acids is 1. The molecule has 3 amide bonds. The lowest BCUT2D eigenvalue weighted by Gasteiger charge is -2.44. The highest BCUT2D eigenvalue weighted by atomic mass is 16.4. The molecule has 0 aromatic rings. The van der Waals surface area contributed by atoms with Crippen LogP contribution < -0.4 is 10.6 Å². The molecule has 1 saturated heterocycles. The fourth-order valence-electron chi connectivity index (χ4n) is 3.29. The molecule has 2 unspecified atom stereocenters. The molecule has 1 aliphatic heterocycles. The molecule has 0 aromatic heterocycles. The standard InChI is InChI=1S/C14H16N2O4/c1-13-3-2-8(10(17)18)6-9(13)7-14(5-4-13)11(19)15-12(20)16-14/h2,6H,3-5,7H2,1H3,(H,17,18)(H2,15,16,19,20). The van der Waals surface area contributed by atoms with E-state index in [9.17, 15) is 14.4 Å². The molecule has 2 aliphatic carbocycles. The average Bonchev–Trinajstić information content (AvgIpc) is 2.64. The van der Waals surface area contributed by atoms with Crippen molar-refractivity contribution in [2.45, 2.75) is 38.1 Å². The lowest BCUT2D eigenvalue weighted by molar-refractivity contribution is -0.132. The van der Waals surface area contributed by atoms with Gasteiger partial charge in [0.2, 0.25) is 0 Å². The van der Waals surface area contributed by atoms with E-state index in [4.69, 9.17) is 5.11 Å². The highest BCUT2D eigenvalue weighted by Gasteiger charge is 2.52. The number of carboxylic acids is 1. The third kappa shape index (κ3) is 1.75. The summed E-state index contributed by atoms with van der Waals surface area (Å²) in [5, 5.41) is 14.1. The van der Waals surface area contributed by atoms with Crippen LogP contribution in [0.1, 0.15) is 32.6 Å². The molecule has 2 fully saturated rings. The maximum Gasteiger partial charge on any atom is 0.335 e. The lowest BCUT2D eigenvalue weighted by atomic mass is 9.61. The van der Waals surface area contributed by atoms with Crippen molar-refractivity contribution in [3.05, 3.63) is 23.3 Å². The van der Waals surface area contributed by atoms with E-state index in [0.29, 0.717) is 19.3 Å². The van der Waals surface area contributed by atoms with E-state index in [-0.39, 0.29) is 16.9 Å². The molecule has 3 rings (SSSR count). The van der Waals surface area contributed by atoms with E-state index in [1.54, 1.807) is 12.2 Å². The first kappa shape index (κ1) is 12.9. The molecule has 0 aromatic carbocycles. The van der Waals surface area contributed by atoms with Gasteiger partial charge in [-0.15, -0.1) is 0 Å². The average molecular weight is 276 g/mol. The number of hydrogen-bond donors (Lipinski definition) is 3. The van der Waals surface area contributed by atoms with Crippen LogP contribution in [-0.2, 0) is 9.59 Å². The zero-order chi connectivity index (χ0) is 14.5. The Labute approximate surface area is 115 Å². The van der Waals surface area contributed by atoms with Crippen molar-refractivity contribution in [2.75, 3.05) is 0 Å². The van der Waals surface area contributed by atoms with Crippen LogP contribution >= 0.6 is 0 Å². The van der Waals surface area contributed by atoms with Gasteiger partial charge in [0.25, 0.3) is 5.91 Å². The summed E-state index contributed by atoms with van der Waals surface area (Å²) >= 11 is 0. The molecule has 3 aliphatic rings. The quantitative estimate of drug-likeness (QED) is 0.625. The Hall–Kier alpha value is -2.11. The summed E-state index contributed by atoms with van der Waals surface area (Å²) in [4.78, 5) is 34.5. The van der Waals surface area contributed by atoms with Crippen molar-refractivity contribution < 1.29 is 19.5 Å². The highest BCUT2D eigenvalue weighted by molar-refractivity contribution is 6.07. The van der Waals surface area contributed by atoms with Crippen LogP contribution in [0.15, 0.2) is 23.3 Å². The molecule has 6 heteroatoms. The molecule has 2 atom stereocenters. The number of urea groups is 1. The van der Waals surface area contributed by atoms with Crippen molar-refractivity contribution in [3.63, 3.8) is 0 Å². The predicted octanol–water partition coefficient (Wildman–Crippen LogP) is 1.10. The monoisotopic (exact) mass is 276 g/mol. The SMILES string of the molecule is CC12CC=C(C(=O)O)C=C1CC1(CC2)NC(=O)NC1=O. The molecular weight excluding hydrogens is 260 g/mol. The second kappa shape index (κ2) is 3.94. The largest absolute Gasteiger partial charge is 0.478 e. The number of carbonyl (C=O) groups is 3. The number of nitrogens with one attached hydrogen (secondary N) is 2. The Morgan fingerprint density at radius 1 is 1.35 bits per heavy atom. The van der Waals surface area contributed by atoms with Gasteiger partial charge in [-0.2, -0.15) is 0 Å². The van der Waals surface area contributed by atoms with Gasteiger partial charge in [0.1, 0.15) is 5.54 Å². The first-order chi connectivity index (χ1) is 9.35. The van der Waals surface area contributed by atoms with Crippen LogP contribution in [0.4, 0.5) is 4.79 Å². The fraction of sp³-hybridized carbons (Fsp3) is 0.500. The Balaban J connectivity index is 1.95. The van der Waals surface area contributed by atoms with E-state index >= 15 is 0 Å². The van der Waals surface area contributed by atoms with Crippen LogP contribution in [0.5, 0.6) is 0 Å². The van der Waals surface area contributed by atoms with E-state index in [1.807, 2.05) is 0 Å². The van der Waals surface area contributed by atoms with Crippen molar-refractivity contribution in [3.8, 4) is 0 Å². The summed E-state index contributed by atoms with van der Waals surface area (Å²) in [7, 11) is 0. The van der Waals surface area contributed by atoms with Crippen LogP contribution in [0.25, 0.3) is 0 Å². The number of hydrogen-bond acceptors (Lipinski definition) is 3. The first-order valence-electron chi connectivity index (χ1n) is 6.63. The van der Waals surface area contributed by atoms with Crippen LogP contribution in [-0.4, -0.2) is 28.6 Å². The molecule has 1 spiro atoms. The zero-order valence-electron chi connectivity index (χ0n) is 11.2. The van der Waals surface area contributed by atoms with Gasteiger partial charge < -0.3 is 10.4 Å². The van der Waals surface area contributed by atoms with Gasteiger partial charge in [-0.05, 0) is 30.8 Å². The van der Waals surface area contributed by atoms with Crippen molar-refractivity contribution in [1.29, 1.82) is 0 Å². The number of fused-ring (bicyclic) bond motifs is 1. The Morgan fingerprint density at radius 3 is 2.70 bits per heavy atom. The molecule has 106 valence electrons. The van der Waals surface area contributed by atoms with Crippen molar-refractivity contribution in [1.82, 2.24) is 10.6 Å². The van der Waals surface area contributed by atoms with Crippen LogP contribution in [0, 0.1) is 5.41 Å². The minimum absolute atomic E-state index is 0.113. The Morgan fingerprint density at radius 2 is 2.10 bits per heavy atom. The number of imide groups is 1. The molecular formula is C14H16N2O4. The van der Waals surface area contributed by atoms with E-state index in [1.165, 1.54) is 0 Å². The van der Waals surface area contributed by atoms with Gasteiger partial charge in [-0.3, -0.25) is 10.1 Å². The molecule has 20 heavy (non-hydrogen) atoms. The minimum Gasteiger partial charge on any atom is -0.478 e. The van der Waals surface area contributed by atoms with Gasteiger partial charge in [0.15, 0.2) is 0 Å². The highest BCUT2D eigenvalue weighted by Crippen LogP contribution is 2.50. The number of carboxylic acid groups (broad SMARTS) is 1. The van der Waals surface area contributed by atoms with Crippen molar-refractivity contribution >= 4 is 17.9 Å². The summed E-state index contributed by atoms with van der Waals surface area (Å²) < 4.78 is 0. The van der Waals surface area contributed by atoms with Crippen molar-refractivity contribution in [2.24, 2.45) is 5.41 Å². The van der Waals surface area contributed by atoms with E-state index in [2.05, 4.69) is 17.6 Å². The van der Waals surface area contributed by atoms with E-state index < -0.39 is 17.5 Å². The first-order valence-corrected chi connectivity index (χ1v) is 6.63. The van der Waals surface area contributed by atoms with Gasteiger partial charge >= 0.3 is 12.0 Å². The summed E-state index contributed by atoms with van der Waals surface area (Å²) in [6.07, 6.45) is 5.75. The summed E-state index contributed by atoms with van der Waals surface area (Å²) in [6.45, 7) is 2.08. The maximum absolute atomic E-state index is 12.0. The Bertz CT molecular complexity index is 592. The Kier molecular flexibility index (Phi) is 2.54. The van der Waals surface area contributed by atoms with Gasteiger partial charge in [0.05, 0.1) is 5.57 Å². The normalized spacial score (nSPS) is 35.9. The lowest BCUT2D eigenvalue weighted by Crippen LogP contribution is -2.52. The number of rotatable bonds is 1. The zero-order valence-corrected chi connectivity index (χ0v) is 11.2. The topological polar surface area (TPSA) is 95.5 Å². The maximum atomic E-state index is 12.0. The number of carbonyl (C=O) groups excluding carboxylic acids is 2. The fourth-order valence-corrected chi connectivity index (χ4v) is 3.29. The van der Waals surface area contributed by atoms with Crippen LogP contribution in [0.2, 0.25) is 0 Å². The van der Waals surface area contributed by atoms with E-state index in [0.717, 1.165) is 12.0 Å². The molecule has 6 nitrogen and oxygen atoms in total. The van der Waals surface area contributed by atoms with Gasteiger partial charge in [-0.25, -0.2) is 9.59 Å². The number of amides is 3. The second-order valence-electron chi connectivity index (χ2n) is 6.07. The third-order valence-electron chi connectivity index (χ3n) is 4.73. The molecule has 1 heterocycles. The van der Waals surface area contributed by atoms with Crippen LogP contribution in [0.3, 0.4) is 0 Å². The summed E-state index contributed by atoms with van der Waals surface area (Å²) in [6, 6.07) is -0.469. The summed E-state index contributed by atoms with van der Waals surface area (Å²) in [5.41, 5.74) is 0.182. The third-order valence-corrected chi connectivity index (χ3v) is 4.73. The van der Waals surface area contributed by atoms with Gasteiger partial charge in [0, 0.05) is 6.42 Å². The minimum atomic E-state index is -0.959. The molecule has 1 saturated carbocycles. The van der Waals surface area contributed by atoms with Gasteiger partial charge in [-0.1, -0.05) is 18.6 Å².